The lowest BCUT2D eigenvalue weighted by molar-refractivity contribution is -0.167. The molecule has 0 heterocycles. The average Bonchev–Trinajstić information content (AvgIpc) is 3.37. The third-order valence-corrected chi connectivity index (χ3v) is 13.2. The first-order valence-electron chi connectivity index (χ1n) is 30.4. The third-order valence-electron chi connectivity index (χ3n) is 13.2. The summed E-state index contributed by atoms with van der Waals surface area (Å²) in [6, 6.07) is 0. The maximum Gasteiger partial charge on any atom is 0.306 e. The smallest absolute Gasteiger partial charge is 0.306 e. The van der Waals surface area contributed by atoms with Crippen LogP contribution in [0.4, 0.5) is 0 Å². The van der Waals surface area contributed by atoms with Gasteiger partial charge in [-0.25, -0.2) is 0 Å². The highest BCUT2D eigenvalue weighted by Crippen LogP contribution is 2.16. The van der Waals surface area contributed by atoms with Crippen molar-refractivity contribution in [1.82, 2.24) is 0 Å². The van der Waals surface area contributed by atoms with Gasteiger partial charge in [-0.15, -0.1) is 0 Å². The minimum absolute atomic E-state index is 0.0879. The number of hydrogen-bond acceptors (Lipinski definition) is 6. The van der Waals surface area contributed by atoms with Crippen molar-refractivity contribution in [2.24, 2.45) is 0 Å². The first kappa shape index (κ1) is 67.8. The number of unbranched alkanes of at least 4 members (excludes halogenated alkanes) is 32. The standard InChI is InChI=1S/C65H114O6/c1-4-7-10-13-16-19-22-25-28-30-32-34-37-40-43-46-49-52-55-58-64(67)70-61-62(60-69-63(66)57-54-51-48-45-42-39-36-27-24-21-18-15-12-9-6-3)71-65(68)59-56-53-50-47-44-41-38-35-33-31-29-26-23-20-17-14-11-8-5-2/h7,10,16,19,25,27-28,32,34,36,40,43,62H,4-6,8-9,11-15,17-18,20-24,26,29-31,33,35,37-39,41-42,44-61H2,1-3H3/b10-7-,19-16-,28-25-,34-32-,36-27-,43-40-. The number of hydrogen-bond donors (Lipinski definition) is 0. The van der Waals surface area contributed by atoms with Crippen LogP contribution in [0.1, 0.15) is 303 Å². The van der Waals surface area contributed by atoms with E-state index in [0.717, 1.165) is 103 Å². The van der Waals surface area contributed by atoms with E-state index in [1.165, 1.54) is 161 Å². The Morgan fingerprint density at radius 1 is 0.296 bits per heavy atom. The van der Waals surface area contributed by atoms with E-state index < -0.39 is 6.10 Å². The van der Waals surface area contributed by atoms with Crippen molar-refractivity contribution in [1.29, 1.82) is 0 Å². The normalized spacial score (nSPS) is 12.5. The van der Waals surface area contributed by atoms with E-state index in [1.807, 2.05) is 0 Å². The number of carbonyl (C=O) groups excluding carboxylic acids is 3. The Morgan fingerprint density at radius 3 is 0.887 bits per heavy atom. The predicted molar refractivity (Wildman–Crippen MR) is 307 cm³/mol. The third kappa shape index (κ3) is 57.6. The van der Waals surface area contributed by atoms with Crippen LogP contribution in [-0.2, 0) is 28.6 Å². The van der Waals surface area contributed by atoms with Gasteiger partial charge in [-0.3, -0.25) is 14.4 Å². The molecule has 0 aromatic carbocycles. The molecule has 1 atom stereocenters. The van der Waals surface area contributed by atoms with Crippen molar-refractivity contribution >= 4 is 17.9 Å². The molecule has 0 aromatic rings. The molecule has 0 aliphatic rings. The summed E-state index contributed by atoms with van der Waals surface area (Å²) in [6.45, 7) is 6.52. The Kier molecular flexibility index (Phi) is 56.8. The minimum Gasteiger partial charge on any atom is -0.462 e. The molecule has 0 radical (unpaired) electrons. The van der Waals surface area contributed by atoms with Gasteiger partial charge in [0.1, 0.15) is 13.2 Å². The number of ether oxygens (including phenoxy) is 3. The molecule has 410 valence electrons. The molecule has 0 bridgehead atoms. The molecule has 0 spiro atoms. The fourth-order valence-electron chi connectivity index (χ4n) is 8.64. The van der Waals surface area contributed by atoms with E-state index in [1.54, 1.807) is 0 Å². The fourth-order valence-corrected chi connectivity index (χ4v) is 8.64. The molecule has 0 aromatic heterocycles. The fraction of sp³-hybridized carbons (Fsp3) is 0.769. The van der Waals surface area contributed by atoms with Crippen molar-refractivity contribution in [3.05, 3.63) is 72.9 Å². The molecule has 0 saturated heterocycles. The van der Waals surface area contributed by atoms with Crippen LogP contribution in [0.5, 0.6) is 0 Å². The number of allylic oxidation sites excluding steroid dienone is 12. The van der Waals surface area contributed by atoms with Crippen molar-refractivity contribution in [3.8, 4) is 0 Å². The zero-order valence-corrected chi connectivity index (χ0v) is 47.0. The Balaban J connectivity index is 4.42. The van der Waals surface area contributed by atoms with Crippen LogP contribution < -0.4 is 0 Å². The van der Waals surface area contributed by atoms with E-state index >= 15 is 0 Å². The second kappa shape index (κ2) is 59.4. The summed E-state index contributed by atoms with van der Waals surface area (Å²) in [6.07, 6.45) is 76.1. The van der Waals surface area contributed by atoms with Gasteiger partial charge in [0.25, 0.3) is 0 Å². The van der Waals surface area contributed by atoms with Gasteiger partial charge >= 0.3 is 17.9 Å². The van der Waals surface area contributed by atoms with Gasteiger partial charge in [-0.1, -0.05) is 267 Å². The molecule has 0 rings (SSSR count). The molecule has 0 amide bonds. The van der Waals surface area contributed by atoms with E-state index in [-0.39, 0.29) is 31.1 Å². The summed E-state index contributed by atoms with van der Waals surface area (Å²) in [4.78, 5) is 38.2. The van der Waals surface area contributed by atoms with E-state index in [4.69, 9.17) is 14.2 Å². The molecule has 0 saturated carbocycles. The molecular formula is C65H114O6. The maximum absolute atomic E-state index is 12.9. The van der Waals surface area contributed by atoms with Crippen molar-refractivity contribution < 1.29 is 28.6 Å². The van der Waals surface area contributed by atoms with E-state index in [0.29, 0.717) is 19.3 Å². The predicted octanol–water partition coefficient (Wildman–Crippen LogP) is 20.5. The van der Waals surface area contributed by atoms with E-state index in [2.05, 4.69) is 93.7 Å². The van der Waals surface area contributed by atoms with Gasteiger partial charge in [0.2, 0.25) is 0 Å². The zero-order valence-electron chi connectivity index (χ0n) is 47.0. The average molecular weight is 992 g/mol. The molecular weight excluding hydrogens is 877 g/mol. The lowest BCUT2D eigenvalue weighted by Gasteiger charge is -2.18. The van der Waals surface area contributed by atoms with Crippen LogP contribution in [0.15, 0.2) is 72.9 Å². The SMILES string of the molecule is CC/C=C\C/C=C\C/C=C\C/C=C\C/C=C\CCCCCC(=O)OCC(COC(=O)CCCCCCC/C=C\CCCCCCCC)OC(=O)CCCCCCCCCCCCCCCCCCCCC. The highest BCUT2D eigenvalue weighted by atomic mass is 16.6. The highest BCUT2D eigenvalue weighted by molar-refractivity contribution is 5.71. The van der Waals surface area contributed by atoms with Crippen molar-refractivity contribution in [3.63, 3.8) is 0 Å². The molecule has 0 N–H and O–H groups in total. The number of esters is 3. The summed E-state index contributed by atoms with van der Waals surface area (Å²) in [5.74, 6) is -0.915. The number of carbonyl (C=O) groups is 3. The monoisotopic (exact) mass is 991 g/mol. The van der Waals surface area contributed by atoms with Gasteiger partial charge in [-0.05, 0) is 89.9 Å². The lowest BCUT2D eigenvalue weighted by atomic mass is 10.0. The van der Waals surface area contributed by atoms with Crippen LogP contribution in [-0.4, -0.2) is 37.2 Å². The highest BCUT2D eigenvalue weighted by Gasteiger charge is 2.19. The second-order valence-corrected chi connectivity index (χ2v) is 20.2. The molecule has 6 heteroatoms. The molecule has 0 aliphatic carbocycles. The second-order valence-electron chi connectivity index (χ2n) is 20.2. The maximum atomic E-state index is 12.9. The molecule has 0 aliphatic heterocycles. The Hall–Kier alpha value is -3.15. The van der Waals surface area contributed by atoms with Crippen LogP contribution in [0.2, 0.25) is 0 Å². The van der Waals surface area contributed by atoms with Crippen LogP contribution >= 0.6 is 0 Å². The van der Waals surface area contributed by atoms with Gasteiger partial charge in [0.05, 0.1) is 0 Å². The van der Waals surface area contributed by atoms with Crippen molar-refractivity contribution in [2.45, 2.75) is 309 Å². The van der Waals surface area contributed by atoms with Gasteiger partial charge in [0, 0.05) is 19.3 Å². The molecule has 1 unspecified atom stereocenters. The molecule has 6 nitrogen and oxygen atoms in total. The number of rotatable bonds is 55. The Labute approximate surface area is 440 Å². The summed E-state index contributed by atoms with van der Waals surface area (Å²) in [5.41, 5.74) is 0. The molecule has 71 heavy (non-hydrogen) atoms. The summed E-state index contributed by atoms with van der Waals surface area (Å²) in [7, 11) is 0. The van der Waals surface area contributed by atoms with Crippen LogP contribution in [0, 0.1) is 0 Å². The van der Waals surface area contributed by atoms with Crippen LogP contribution in [0.25, 0.3) is 0 Å². The Bertz CT molecular complexity index is 1320. The zero-order chi connectivity index (χ0) is 51.4. The minimum atomic E-state index is -0.792. The largest absolute Gasteiger partial charge is 0.462 e. The summed E-state index contributed by atoms with van der Waals surface area (Å²) in [5, 5.41) is 0. The van der Waals surface area contributed by atoms with Gasteiger partial charge < -0.3 is 14.2 Å². The summed E-state index contributed by atoms with van der Waals surface area (Å²) >= 11 is 0. The Morgan fingerprint density at radius 2 is 0.549 bits per heavy atom. The quantitative estimate of drug-likeness (QED) is 0.0261. The van der Waals surface area contributed by atoms with Gasteiger partial charge in [0.15, 0.2) is 6.10 Å². The first-order valence-corrected chi connectivity index (χ1v) is 30.4. The van der Waals surface area contributed by atoms with E-state index in [9.17, 15) is 14.4 Å². The summed E-state index contributed by atoms with van der Waals surface area (Å²) < 4.78 is 16.9. The van der Waals surface area contributed by atoms with Crippen LogP contribution in [0.3, 0.4) is 0 Å². The lowest BCUT2D eigenvalue weighted by Crippen LogP contribution is -2.30. The first-order chi connectivity index (χ1) is 35.0. The van der Waals surface area contributed by atoms with Crippen molar-refractivity contribution in [2.75, 3.05) is 13.2 Å². The van der Waals surface area contributed by atoms with Gasteiger partial charge in [-0.2, -0.15) is 0 Å². The topological polar surface area (TPSA) is 78.9 Å². The molecule has 0 fully saturated rings.